The first-order chi connectivity index (χ1) is 11.3. The van der Waals surface area contributed by atoms with E-state index in [1.165, 1.54) is 0 Å². The molecule has 0 unspecified atom stereocenters. The number of hydrogen-bond donors (Lipinski definition) is 1. The lowest BCUT2D eigenvalue weighted by atomic mass is 10.0. The molecule has 0 spiro atoms. The molecular formula is C16H27F3N4OSi. The van der Waals surface area contributed by atoms with Gasteiger partial charge in [0.1, 0.15) is 0 Å². The van der Waals surface area contributed by atoms with Crippen LogP contribution in [-0.4, -0.2) is 43.5 Å². The molecule has 1 saturated heterocycles. The summed E-state index contributed by atoms with van der Waals surface area (Å²) in [4.78, 5) is 9.62. The number of nitrogens with two attached hydrogens (primary N) is 1. The van der Waals surface area contributed by atoms with Crippen molar-refractivity contribution in [3.63, 3.8) is 0 Å². The predicted octanol–water partition coefficient (Wildman–Crippen LogP) is 3.42. The van der Waals surface area contributed by atoms with Gasteiger partial charge in [0.2, 0.25) is 5.95 Å². The van der Waals surface area contributed by atoms with Gasteiger partial charge in [-0.15, -0.1) is 0 Å². The number of anilines is 1. The predicted molar refractivity (Wildman–Crippen MR) is 93.9 cm³/mol. The molecule has 0 bridgehead atoms. The van der Waals surface area contributed by atoms with Gasteiger partial charge >= 0.3 is 6.18 Å². The van der Waals surface area contributed by atoms with Crippen molar-refractivity contribution in [1.82, 2.24) is 9.97 Å². The van der Waals surface area contributed by atoms with Crippen molar-refractivity contribution in [3.8, 4) is 0 Å². The molecule has 2 atom stereocenters. The summed E-state index contributed by atoms with van der Waals surface area (Å²) in [6.07, 6.45) is -2.29. The third-order valence-electron chi connectivity index (χ3n) is 5.11. The Morgan fingerprint density at radius 3 is 2.24 bits per heavy atom. The minimum atomic E-state index is -4.43. The topological polar surface area (TPSA) is 64.3 Å². The first kappa shape index (κ1) is 20.1. The number of piperidine rings is 1. The van der Waals surface area contributed by atoms with Crippen LogP contribution in [-0.2, 0) is 10.6 Å². The average Bonchev–Trinajstić information content (AvgIpc) is 2.47. The smallest absolute Gasteiger partial charge is 0.411 e. The summed E-state index contributed by atoms with van der Waals surface area (Å²) < 4.78 is 44.4. The summed E-state index contributed by atoms with van der Waals surface area (Å²) in [5.41, 5.74) is 5.38. The minimum Gasteiger partial charge on any atom is -0.411 e. The highest BCUT2D eigenvalue weighted by molar-refractivity contribution is 6.74. The molecule has 0 saturated carbocycles. The van der Waals surface area contributed by atoms with E-state index in [1.807, 2.05) is 4.90 Å². The van der Waals surface area contributed by atoms with Crippen LogP contribution in [0.5, 0.6) is 0 Å². The SMILES string of the molecule is CC(C)(C)[Si](C)(C)O[C@H]1CN(c2ncc(C(F)(F)F)cn2)CC[C@H]1N. The van der Waals surface area contributed by atoms with Crippen molar-refractivity contribution in [2.24, 2.45) is 5.73 Å². The Morgan fingerprint density at radius 1 is 1.20 bits per heavy atom. The van der Waals surface area contributed by atoms with Crippen LogP contribution in [0.3, 0.4) is 0 Å². The largest absolute Gasteiger partial charge is 0.419 e. The van der Waals surface area contributed by atoms with E-state index < -0.39 is 20.1 Å². The maximum absolute atomic E-state index is 12.6. The molecule has 0 amide bonds. The lowest BCUT2D eigenvalue weighted by Crippen LogP contribution is -2.57. The molecule has 1 aliphatic rings. The van der Waals surface area contributed by atoms with Gasteiger partial charge in [-0.05, 0) is 24.6 Å². The quantitative estimate of drug-likeness (QED) is 0.819. The average molecular weight is 376 g/mol. The molecule has 9 heteroatoms. The summed E-state index contributed by atoms with van der Waals surface area (Å²) in [5.74, 6) is 0.281. The van der Waals surface area contributed by atoms with Gasteiger partial charge in [-0.25, -0.2) is 9.97 Å². The van der Waals surface area contributed by atoms with Crippen molar-refractivity contribution in [2.75, 3.05) is 18.0 Å². The van der Waals surface area contributed by atoms with Gasteiger partial charge in [-0.2, -0.15) is 13.2 Å². The van der Waals surface area contributed by atoms with E-state index >= 15 is 0 Å². The van der Waals surface area contributed by atoms with Crippen LogP contribution < -0.4 is 10.6 Å². The van der Waals surface area contributed by atoms with Crippen LogP contribution in [0.15, 0.2) is 12.4 Å². The number of aromatic nitrogens is 2. The second-order valence-electron chi connectivity index (χ2n) is 8.08. The third kappa shape index (κ3) is 4.71. The van der Waals surface area contributed by atoms with Crippen molar-refractivity contribution in [1.29, 1.82) is 0 Å². The zero-order valence-electron chi connectivity index (χ0n) is 15.4. The fourth-order valence-electron chi connectivity index (χ4n) is 2.43. The minimum absolute atomic E-state index is 0.0554. The molecule has 1 aromatic heterocycles. The highest BCUT2D eigenvalue weighted by Gasteiger charge is 2.42. The molecule has 0 aromatic carbocycles. The normalized spacial score (nSPS) is 23.0. The molecule has 1 aromatic rings. The van der Waals surface area contributed by atoms with Crippen LogP contribution in [0, 0.1) is 0 Å². The van der Waals surface area contributed by atoms with Gasteiger partial charge in [0.15, 0.2) is 8.32 Å². The van der Waals surface area contributed by atoms with E-state index in [2.05, 4.69) is 43.8 Å². The third-order valence-corrected chi connectivity index (χ3v) is 9.62. The number of halogens is 3. The van der Waals surface area contributed by atoms with E-state index in [1.54, 1.807) is 0 Å². The number of alkyl halides is 3. The Kier molecular flexibility index (Phi) is 5.51. The summed E-state index contributed by atoms with van der Waals surface area (Å²) in [6, 6.07) is -0.0974. The fraction of sp³-hybridized carbons (Fsp3) is 0.750. The fourth-order valence-corrected chi connectivity index (χ4v) is 3.79. The molecule has 1 fully saturated rings. The Hall–Kier alpha value is -1.19. The molecule has 2 N–H and O–H groups in total. The molecule has 25 heavy (non-hydrogen) atoms. The monoisotopic (exact) mass is 376 g/mol. The standard InChI is InChI=1S/C16H27F3N4OSi/c1-15(2,3)25(4,5)24-13-10-23(7-6-12(13)20)14-21-8-11(9-22-14)16(17,18)19/h8-9,12-13H,6-7,10,20H2,1-5H3/t12-,13+/m1/s1. The van der Waals surface area contributed by atoms with E-state index in [0.29, 0.717) is 19.5 Å². The Bertz CT molecular complexity index is 587. The number of rotatable bonds is 3. The van der Waals surface area contributed by atoms with E-state index in [4.69, 9.17) is 10.2 Å². The number of hydrogen-bond acceptors (Lipinski definition) is 5. The molecule has 0 radical (unpaired) electrons. The lowest BCUT2D eigenvalue weighted by molar-refractivity contribution is -0.138. The summed E-state index contributed by atoms with van der Waals surface area (Å²) in [5, 5.41) is 0.0554. The van der Waals surface area contributed by atoms with Crippen molar-refractivity contribution in [3.05, 3.63) is 18.0 Å². The second kappa shape index (κ2) is 6.84. The van der Waals surface area contributed by atoms with E-state index in [0.717, 1.165) is 12.4 Å². The zero-order chi connectivity index (χ0) is 19.0. The molecule has 5 nitrogen and oxygen atoms in total. The molecule has 0 aliphatic carbocycles. The Balaban J connectivity index is 2.12. The maximum atomic E-state index is 12.6. The molecular weight excluding hydrogens is 349 g/mol. The molecule has 2 rings (SSSR count). The first-order valence-corrected chi connectivity index (χ1v) is 11.3. The Labute approximate surface area is 147 Å². The second-order valence-corrected chi connectivity index (χ2v) is 12.8. The first-order valence-electron chi connectivity index (χ1n) is 8.39. The lowest BCUT2D eigenvalue weighted by Gasteiger charge is -2.44. The zero-order valence-corrected chi connectivity index (χ0v) is 16.4. The van der Waals surface area contributed by atoms with E-state index in [-0.39, 0.29) is 23.1 Å². The van der Waals surface area contributed by atoms with Gasteiger partial charge < -0.3 is 15.1 Å². The van der Waals surface area contributed by atoms with Crippen molar-refractivity contribution in [2.45, 2.75) is 63.6 Å². The van der Waals surface area contributed by atoms with Crippen LogP contribution in [0.4, 0.5) is 19.1 Å². The van der Waals surface area contributed by atoms with Gasteiger partial charge in [0.05, 0.1) is 11.7 Å². The van der Waals surface area contributed by atoms with Gasteiger partial charge in [-0.1, -0.05) is 20.8 Å². The van der Waals surface area contributed by atoms with Gasteiger partial charge in [0.25, 0.3) is 0 Å². The van der Waals surface area contributed by atoms with Crippen LogP contribution in [0.1, 0.15) is 32.8 Å². The molecule has 2 heterocycles. The van der Waals surface area contributed by atoms with Crippen LogP contribution in [0.2, 0.25) is 18.1 Å². The Morgan fingerprint density at radius 2 is 1.76 bits per heavy atom. The maximum Gasteiger partial charge on any atom is 0.419 e. The summed E-state index contributed by atoms with van der Waals surface area (Å²) in [6.45, 7) is 11.9. The molecule has 1 aliphatic heterocycles. The summed E-state index contributed by atoms with van der Waals surface area (Å²) >= 11 is 0. The highest BCUT2D eigenvalue weighted by atomic mass is 28.4. The van der Waals surface area contributed by atoms with Crippen molar-refractivity contribution < 1.29 is 17.6 Å². The van der Waals surface area contributed by atoms with Gasteiger partial charge in [0, 0.05) is 31.5 Å². The number of nitrogens with zero attached hydrogens (tertiary/aromatic N) is 3. The molecule has 142 valence electrons. The van der Waals surface area contributed by atoms with Crippen LogP contribution in [0.25, 0.3) is 0 Å². The van der Waals surface area contributed by atoms with Crippen LogP contribution >= 0.6 is 0 Å². The van der Waals surface area contributed by atoms with E-state index in [9.17, 15) is 13.2 Å². The summed E-state index contributed by atoms with van der Waals surface area (Å²) in [7, 11) is -1.99. The van der Waals surface area contributed by atoms with Crippen molar-refractivity contribution >= 4 is 14.3 Å². The van der Waals surface area contributed by atoms with Gasteiger partial charge in [-0.3, -0.25) is 0 Å². The highest BCUT2D eigenvalue weighted by Crippen LogP contribution is 2.38.